The number of thiophene rings is 2. The molecule has 1 saturated carbocycles. The van der Waals surface area contributed by atoms with Crippen molar-refractivity contribution in [3.05, 3.63) is 73.1 Å². The Labute approximate surface area is 276 Å². The monoisotopic (exact) mass is 660 g/mol. The first-order valence-corrected chi connectivity index (χ1v) is 18.3. The van der Waals surface area contributed by atoms with E-state index in [1.807, 2.05) is 12.2 Å². The quantitative estimate of drug-likeness (QED) is 0.158. The van der Waals surface area contributed by atoms with Crippen LogP contribution in [0.5, 0.6) is 5.75 Å². The summed E-state index contributed by atoms with van der Waals surface area (Å²) in [5.41, 5.74) is 5.13. The van der Waals surface area contributed by atoms with Crippen LogP contribution in [0.4, 0.5) is 0 Å². The van der Waals surface area contributed by atoms with Gasteiger partial charge in [0.25, 0.3) is 11.4 Å². The Balaban J connectivity index is 1.25. The standard InChI is InChI=1S/C34H24N6OS4/c1-37-22(16-35)18-8-6-10-20(14-18)30-39-32-27(43-30)24-26(42-32)28-25(41-34(24)12-4-3-5-13-34)29-33(44-28)40-31(45-29)21-11-7-9-19(15-21)23(17-36)38-2/h14-15H,3-13H2/b22-18+,23-19-. The number of fused-ring (bicyclic) bond motifs is 8. The van der Waals surface area contributed by atoms with Gasteiger partial charge in [0.1, 0.15) is 30.0 Å². The lowest BCUT2D eigenvalue weighted by Crippen LogP contribution is -2.37. The molecule has 3 aliphatic carbocycles. The minimum Gasteiger partial charge on any atom is -0.479 e. The second kappa shape index (κ2) is 11.1. The molecule has 0 bridgehead atoms. The van der Waals surface area contributed by atoms with Crippen molar-refractivity contribution in [2.24, 2.45) is 0 Å². The van der Waals surface area contributed by atoms with Crippen molar-refractivity contribution >= 4 is 75.6 Å². The first-order chi connectivity index (χ1) is 22.1. The van der Waals surface area contributed by atoms with E-state index in [1.54, 1.807) is 45.3 Å². The molecule has 45 heavy (non-hydrogen) atoms. The Morgan fingerprint density at radius 3 is 1.87 bits per heavy atom. The average molecular weight is 661 g/mol. The lowest BCUT2D eigenvalue weighted by atomic mass is 9.78. The number of nitriles is 2. The number of ether oxygens (including phenoxy) is 1. The highest BCUT2D eigenvalue weighted by atomic mass is 32.1. The first-order valence-electron chi connectivity index (χ1n) is 15.1. The van der Waals surface area contributed by atoms with Crippen molar-refractivity contribution in [3.63, 3.8) is 0 Å². The van der Waals surface area contributed by atoms with E-state index in [-0.39, 0.29) is 17.0 Å². The second-order valence-electron chi connectivity index (χ2n) is 11.8. The van der Waals surface area contributed by atoms with Crippen LogP contribution in [0, 0.1) is 35.8 Å². The van der Waals surface area contributed by atoms with E-state index < -0.39 is 0 Å². The van der Waals surface area contributed by atoms with Crippen LogP contribution in [0.2, 0.25) is 0 Å². The van der Waals surface area contributed by atoms with Crippen LogP contribution >= 0.6 is 45.3 Å². The molecular weight excluding hydrogens is 637 g/mol. The van der Waals surface area contributed by atoms with Gasteiger partial charge >= 0.3 is 0 Å². The Hall–Kier alpha value is -4.10. The van der Waals surface area contributed by atoms with Crippen molar-refractivity contribution in [2.45, 2.75) is 76.2 Å². The van der Waals surface area contributed by atoms with Gasteiger partial charge in [-0.2, -0.15) is 0 Å². The summed E-state index contributed by atoms with van der Waals surface area (Å²) in [7, 11) is 0. The van der Waals surface area contributed by atoms with Crippen LogP contribution in [0.3, 0.4) is 0 Å². The predicted molar refractivity (Wildman–Crippen MR) is 182 cm³/mol. The molecule has 0 amide bonds. The van der Waals surface area contributed by atoms with Crippen molar-refractivity contribution in [2.75, 3.05) is 0 Å². The maximum absolute atomic E-state index is 9.43. The van der Waals surface area contributed by atoms with Gasteiger partial charge in [-0.1, -0.05) is 18.6 Å². The second-order valence-corrected chi connectivity index (χ2v) is 15.8. The molecular formula is C34H24N6OS4. The average Bonchev–Trinajstić information content (AvgIpc) is 3.83. The van der Waals surface area contributed by atoms with E-state index in [0.717, 1.165) is 122 Å². The van der Waals surface area contributed by atoms with Gasteiger partial charge in [-0.05, 0) is 86.5 Å². The fourth-order valence-electron chi connectivity index (χ4n) is 7.06. The molecule has 0 radical (unpaired) electrons. The number of hydrogen-bond acceptors (Lipinski definition) is 9. The van der Waals surface area contributed by atoms with E-state index in [9.17, 15) is 10.5 Å². The van der Waals surface area contributed by atoms with E-state index in [0.29, 0.717) is 0 Å². The third kappa shape index (κ3) is 4.50. The number of allylic oxidation sites excluding steroid dienone is 8. The van der Waals surface area contributed by atoms with Gasteiger partial charge in [0.2, 0.25) is 0 Å². The maximum atomic E-state index is 9.43. The summed E-state index contributed by atoms with van der Waals surface area (Å²) >= 11 is 6.86. The van der Waals surface area contributed by atoms with Gasteiger partial charge < -0.3 is 4.74 Å². The van der Waals surface area contributed by atoms with Gasteiger partial charge in [0.05, 0.1) is 39.7 Å². The Bertz CT molecular complexity index is 2200. The Morgan fingerprint density at radius 1 is 0.733 bits per heavy atom. The van der Waals surface area contributed by atoms with Gasteiger partial charge in [0.15, 0.2) is 5.75 Å². The van der Waals surface area contributed by atoms with E-state index >= 15 is 0 Å². The fraction of sp³-hybridized carbons (Fsp3) is 0.353. The molecule has 0 unspecified atom stereocenters. The summed E-state index contributed by atoms with van der Waals surface area (Å²) in [6.45, 7) is 14.8. The normalized spacial score (nSPS) is 21.0. The summed E-state index contributed by atoms with van der Waals surface area (Å²) in [5.74, 6) is 0.960. The number of aromatic nitrogens is 2. The molecule has 11 heteroatoms. The van der Waals surface area contributed by atoms with Crippen molar-refractivity contribution in [3.8, 4) is 27.6 Å². The highest BCUT2D eigenvalue weighted by Crippen LogP contribution is 2.62. The van der Waals surface area contributed by atoms with Crippen LogP contribution in [0.1, 0.15) is 86.2 Å². The van der Waals surface area contributed by atoms with Crippen LogP contribution in [0.25, 0.3) is 49.7 Å². The minimum absolute atomic E-state index is 0.180. The third-order valence-corrected chi connectivity index (χ3v) is 14.0. The molecule has 5 heterocycles. The van der Waals surface area contributed by atoms with Crippen LogP contribution in [-0.2, 0) is 5.60 Å². The maximum Gasteiger partial charge on any atom is 0.265 e. The number of thiazole rings is 2. The molecule has 4 aromatic heterocycles. The largest absolute Gasteiger partial charge is 0.479 e. The SMILES string of the molecule is [C-]#[N+]/C(C#N)=C1\C=C(c2nc3sc4c(c3s2)OC2(CCCCC2)c2c-4sc3nc(C4=C/C(=C(\C#N)[N+]#[C-])CCC4)sc23)CCC1. The van der Waals surface area contributed by atoms with Gasteiger partial charge in [-0.15, -0.1) is 45.3 Å². The zero-order valence-corrected chi connectivity index (χ0v) is 27.4. The Morgan fingerprint density at radius 2 is 1.29 bits per heavy atom. The fourth-order valence-corrected chi connectivity index (χ4v) is 12.2. The molecule has 0 saturated heterocycles. The van der Waals surface area contributed by atoms with Crippen LogP contribution < -0.4 is 4.74 Å². The van der Waals surface area contributed by atoms with Crippen molar-refractivity contribution in [1.29, 1.82) is 10.5 Å². The third-order valence-electron chi connectivity index (χ3n) is 9.15. The highest BCUT2D eigenvalue weighted by Gasteiger charge is 2.47. The summed E-state index contributed by atoms with van der Waals surface area (Å²) < 4.78 is 9.50. The van der Waals surface area contributed by atoms with Gasteiger partial charge in [0, 0.05) is 5.56 Å². The molecule has 0 atom stereocenters. The smallest absolute Gasteiger partial charge is 0.265 e. The summed E-state index contributed by atoms with van der Waals surface area (Å²) in [6.07, 6.45) is 14.5. The zero-order chi connectivity index (χ0) is 30.7. The molecule has 1 aliphatic heterocycles. The molecule has 0 N–H and O–H groups in total. The molecule has 220 valence electrons. The molecule has 0 aromatic carbocycles. The highest BCUT2D eigenvalue weighted by molar-refractivity contribution is 7.34. The van der Waals surface area contributed by atoms with E-state index in [4.69, 9.17) is 27.8 Å². The van der Waals surface area contributed by atoms with Crippen LogP contribution in [-0.4, -0.2) is 9.97 Å². The molecule has 1 fully saturated rings. The van der Waals surface area contributed by atoms with E-state index in [1.165, 1.54) is 21.6 Å². The van der Waals surface area contributed by atoms with Crippen molar-refractivity contribution in [1.82, 2.24) is 9.97 Å². The topological polar surface area (TPSA) is 91.3 Å². The summed E-state index contributed by atoms with van der Waals surface area (Å²) in [5, 5.41) is 20.8. The van der Waals surface area contributed by atoms with Crippen molar-refractivity contribution < 1.29 is 4.74 Å². The number of nitrogens with zero attached hydrogens (tertiary/aromatic N) is 6. The summed E-state index contributed by atoms with van der Waals surface area (Å²) in [6, 6.07) is 4.12. The molecule has 4 aromatic rings. The van der Waals surface area contributed by atoms with Gasteiger partial charge in [-0.25, -0.2) is 30.2 Å². The van der Waals surface area contributed by atoms with Gasteiger partial charge in [-0.3, -0.25) is 0 Å². The molecule has 7 nitrogen and oxygen atoms in total. The molecule has 1 spiro atoms. The Kier molecular flexibility index (Phi) is 6.97. The number of rotatable bonds is 2. The predicted octanol–water partition coefficient (Wildman–Crippen LogP) is 10.8. The zero-order valence-electron chi connectivity index (χ0n) is 24.2. The molecule has 8 rings (SSSR count). The molecule has 4 aliphatic rings. The lowest BCUT2D eigenvalue weighted by molar-refractivity contribution is 0.0282. The van der Waals surface area contributed by atoms with E-state index in [2.05, 4.69) is 21.8 Å². The first kappa shape index (κ1) is 28.4. The summed E-state index contributed by atoms with van der Waals surface area (Å²) in [4.78, 5) is 21.6. The number of hydrogen-bond donors (Lipinski definition) is 0. The lowest BCUT2D eigenvalue weighted by Gasteiger charge is -2.40. The van der Waals surface area contributed by atoms with Crippen LogP contribution in [0.15, 0.2) is 34.7 Å². The minimum atomic E-state index is -0.387.